The number of aryl methyl sites for hydroxylation is 2. The Kier molecular flexibility index (Phi) is 5.01. The van der Waals surface area contributed by atoms with Gasteiger partial charge in [-0.3, -0.25) is 4.98 Å². The summed E-state index contributed by atoms with van der Waals surface area (Å²) >= 11 is 0. The molecule has 3 heteroatoms. The summed E-state index contributed by atoms with van der Waals surface area (Å²) in [5, 5.41) is 14.1. The van der Waals surface area contributed by atoms with Crippen LogP contribution in [-0.4, -0.2) is 15.9 Å². The van der Waals surface area contributed by atoms with E-state index in [1.165, 1.54) is 21.9 Å². The summed E-state index contributed by atoms with van der Waals surface area (Å²) in [7, 11) is 0. The number of aliphatic hydroxyl groups is 1. The molecule has 1 N–H and O–H groups in total. The van der Waals surface area contributed by atoms with Crippen molar-refractivity contribution in [1.29, 1.82) is 0 Å². The molecule has 0 bridgehead atoms. The van der Waals surface area contributed by atoms with Gasteiger partial charge in [-0.2, -0.15) is 0 Å². The molecular weight excluding hydrogens is 346 g/mol. The maximum Gasteiger partial charge on any atom is 0.205 e. The first-order valence-electron chi connectivity index (χ1n) is 9.75. The van der Waals surface area contributed by atoms with Gasteiger partial charge in [0.1, 0.15) is 5.75 Å². The summed E-state index contributed by atoms with van der Waals surface area (Å²) in [5.74, 6) is -0.637. The van der Waals surface area contributed by atoms with Gasteiger partial charge < -0.3 is 9.84 Å². The summed E-state index contributed by atoms with van der Waals surface area (Å²) < 4.78 is 5.88. The summed E-state index contributed by atoms with van der Waals surface area (Å²) in [4.78, 5) is 4.54. The summed E-state index contributed by atoms with van der Waals surface area (Å²) in [6.07, 6.45) is 4.01. The predicted molar refractivity (Wildman–Crippen MR) is 115 cm³/mol. The number of nitrogens with zero attached hydrogens (tertiary/aromatic N) is 1. The molecule has 1 heterocycles. The molecule has 1 atom stereocenters. The van der Waals surface area contributed by atoms with Crippen molar-refractivity contribution in [2.45, 2.75) is 38.9 Å². The number of hydrogen-bond acceptors (Lipinski definition) is 3. The Balaban J connectivity index is 1.50. The van der Waals surface area contributed by atoms with Crippen molar-refractivity contribution in [3.8, 4) is 5.75 Å². The van der Waals surface area contributed by atoms with E-state index >= 15 is 0 Å². The van der Waals surface area contributed by atoms with Crippen molar-refractivity contribution in [2.75, 3.05) is 0 Å². The Morgan fingerprint density at radius 1 is 0.964 bits per heavy atom. The molecule has 3 nitrogen and oxygen atoms in total. The molecule has 1 unspecified atom stereocenters. The molecular formula is C25H25NO2. The molecule has 0 saturated heterocycles. The molecule has 28 heavy (non-hydrogen) atoms. The maximum atomic E-state index is 10.7. The van der Waals surface area contributed by atoms with E-state index in [0.29, 0.717) is 12.2 Å². The Morgan fingerprint density at radius 3 is 2.61 bits per heavy atom. The topological polar surface area (TPSA) is 42.4 Å². The zero-order valence-electron chi connectivity index (χ0n) is 16.4. The Bertz CT molecular complexity index is 1100. The third-order valence-electron chi connectivity index (χ3n) is 5.16. The fourth-order valence-corrected chi connectivity index (χ4v) is 3.66. The minimum atomic E-state index is -1.23. The smallest absolute Gasteiger partial charge is 0.205 e. The average molecular weight is 371 g/mol. The second-order valence-electron chi connectivity index (χ2n) is 7.63. The third kappa shape index (κ3) is 4.15. The first-order valence-corrected chi connectivity index (χ1v) is 9.75. The Hall–Kier alpha value is -2.91. The second kappa shape index (κ2) is 7.61. The van der Waals surface area contributed by atoms with Crippen molar-refractivity contribution in [2.24, 2.45) is 0 Å². The van der Waals surface area contributed by atoms with E-state index in [-0.39, 0.29) is 0 Å². The molecule has 3 aromatic carbocycles. The molecule has 0 amide bonds. The van der Waals surface area contributed by atoms with Crippen LogP contribution in [0.1, 0.15) is 30.9 Å². The minimum absolute atomic E-state index is 0.552. The number of aromatic nitrogens is 1. The number of ether oxygens (including phenoxy) is 1. The van der Waals surface area contributed by atoms with Crippen molar-refractivity contribution in [1.82, 2.24) is 4.98 Å². The van der Waals surface area contributed by atoms with Crippen molar-refractivity contribution in [3.63, 3.8) is 0 Å². The normalized spacial score (nSPS) is 13.5. The highest BCUT2D eigenvalue weighted by Gasteiger charge is 2.22. The first kappa shape index (κ1) is 18.5. The van der Waals surface area contributed by atoms with Gasteiger partial charge in [0, 0.05) is 18.7 Å². The molecule has 0 aliphatic carbocycles. The summed E-state index contributed by atoms with van der Waals surface area (Å²) in [6.45, 7) is 3.83. The van der Waals surface area contributed by atoms with Crippen LogP contribution in [0.5, 0.6) is 5.75 Å². The number of benzene rings is 3. The van der Waals surface area contributed by atoms with E-state index in [0.717, 1.165) is 23.7 Å². The van der Waals surface area contributed by atoms with Gasteiger partial charge in [-0.15, -0.1) is 0 Å². The average Bonchev–Trinajstić information content (AvgIpc) is 2.67. The highest BCUT2D eigenvalue weighted by atomic mass is 16.6. The van der Waals surface area contributed by atoms with Crippen LogP contribution in [-0.2, 0) is 6.42 Å². The predicted octanol–water partition coefficient (Wildman–Crippen LogP) is 5.81. The molecule has 0 aliphatic heterocycles. The number of rotatable bonds is 6. The quantitative estimate of drug-likeness (QED) is 0.344. The molecule has 0 spiro atoms. The lowest BCUT2D eigenvalue weighted by atomic mass is 10.0. The third-order valence-corrected chi connectivity index (χ3v) is 5.16. The molecule has 0 fully saturated rings. The van der Waals surface area contributed by atoms with Gasteiger partial charge in [0.25, 0.3) is 0 Å². The highest BCUT2D eigenvalue weighted by molar-refractivity contribution is 5.98. The van der Waals surface area contributed by atoms with Crippen LogP contribution in [0.3, 0.4) is 0 Å². The highest BCUT2D eigenvalue weighted by Crippen LogP contribution is 2.28. The van der Waals surface area contributed by atoms with Gasteiger partial charge in [-0.1, -0.05) is 48.5 Å². The number of fused-ring (bicyclic) bond motifs is 2. The number of hydrogen-bond donors (Lipinski definition) is 1. The van der Waals surface area contributed by atoms with Gasteiger partial charge in [0.05, 0.1) is 11.7 Å². The monoisotopic (exact) mass is 371 g/mol. The van der Waals surface area contributed by atoms with Gasteiger partial charge in [-0.05, 0) is 59.9 Å². The zero-order valence-corrected chi connectivity index (χ0v) is 16.4. The van der Waals surface area contributed by atoms with E-state index in [4.69, 9.17) is 4.74 Å². The summed E-state index contributed by atoms with van der Waals surface area (Å²) in [6, 6.07) is 22.8. The van der Waals surface area contributed by atoms with Crippen LogP contribution < -0.4 is 4.74 Å². The molecule has 4 rings (SSSR count). The van der Waals surface area contributed by atoms with Crippen molar-refractivity contribution >= 4 is 21.7 Å². The van der Waals surface area contributed by atoms with Crippen LogP contribution in [0.2, 0.25) is 0 Å². The summed E-state index contributed by atoms with van der Waals surface area (Å²) in [5.41, 5.74) is 3.43. The molecule has 4 aromatic rings. The molecule has 0 saturated carbocycles. The van der Waals surface area contributed by atoms with E-state index in [1.54, 1.807) is 13.1 Å². The van der Waals surface area contributed by atoms with Gasteiger partial charge in [-0.25, -0.2) is 0 Å². The van der Waals surface area contributed by atoms with Gasteiger partial charge in [0.2, 0.25) is 5.79 Å². The van der Waals surface area contributed by atoms with Crippen LogP contribution >= 0.6 is 0 Å². The fraction of sp³-hybridized carbons (Fsp3) is 0.240. The van der Waals surface area contributed by atoms with E-state index in [9.17, 15) is 5.11 Å². The molecule has 1 aromatic heterocycles. The Labute approximate surface area is 165 Å². The SMILES string of the molecule is Cc1cccc2cc3ncc(OC(C)(O)CCCc4ccccc4)cc3cc12. The van der Waals surface area contributed by atoms with Gasteiger partial charge >= 0.3 is 0 Å². The second-order valence-corrected chi connectivity index (χ2v) is 7.63. The van der Waals surface area contributed by atoms with Crippen LogP contribution in [0.15, 0.2) is 72.9 Å². The lowest BCUT2D eigenvalue weighted by Crippen LogP contribution is -2.31. The van der Waals surface area contributed by atoms with E-state index < -0.39 is 5.79 Å². The van der Waals surface area contributed by atoms with E-state index in [2.05, 4.69) is 54.4 Å². The minimum Gasteiger partial charge on any atom is -0.461 e. The molecule has 0 aliphatic rings. The standard InChI is InChI=1S/C25H25NO2/c1-18-8-6-12-20-16-24-21(15-23(18)20)14-22(17-26-24)28-25(2,27)13-7-11-19-9-4-3-5-10-19/h3-6,8-10,12,14-17,27H,7,11,13H2,1-2H3. The van der Waals surface area contributed by atoms with Crippen molar-refractivity contribution < 1.29 is 9.84 Å². The molecule has 0 radical (unpaired) electrons. The zero-order chi connectivity index (χ0) is 19.6. The van der Waals surface area contributed by atoms with E-state index in [1.807, 2.05) is 24.3 Å². The van der Waals surface area contributed by atoms with Crippen LogP contribution in [0.25, 0.3) is 21.7 Å². The number of pyridine rings is 1. The maximum absolute atomic E-state index is 10.7. The lowest BCUT2D eigenvalue weighted by molar-refractivity contribution is -0.127. The van der Waals surface area contributed by atoms with Crippen molar-refractivity contribution in [3.05, 3.63) is 84.1 Å². The molecule has 142 valence electrons. The first-order chi connectivity index (χ1) is 13.5. The van der Waals surface area contributed by atoms with Crippen LogP contribution in [0, 0.1) is 6.92 Å². The van der Waals surface area contributed by atoms with Gasteiger partial charge in [0.15, 0.2) is 0 Å². The fourth-order valence-electron chi connectivity index (χ4n) is 3.66. The Morgan fingerprint density at radius 2 is 1.79 bits per heavy atom. The van der Waals surface area contributed by atoms with Crippen LogP contribution in [0.4, 0.5) is 0 Å². The largest absolute Gasteiger partial charge is 0.461 e. The lowest BCUT2D eigenvalue weighted by Gasteiger charge is -2.25.